The second kappa shape index (κ2) is 5.94. The van der Waals surface area contributed by atoms with Gasteiger partial charge in [0.1, 0.15) is 5.69 Å². The molecule has 0 radical (unpaired) electrons. The lowest BCUT2D eigenvalue weighted by atomic mass is 10.2. The number of amides is 1. The second-order valence-corrected chi connectivity index (χ2v) is 4.71. The number of aromatic amines is 1. The fourth-order valence-corrected chi connectivity index (χ4v) is 2.17. The molecule has 5 N–H and O–H groups in total. The molecule has 0 fully saturated rings. The SMILES string of the molecule is N=C(N)N(CCCO)C(=O)c1cc2c(Cl)cccc2[nH]1. The number of hydrogen-bond donors (Lipinski definition) is 4. The maximum absolute atomic E-state index is 12.3. The van der Waals surface area contributed by atoms with Crippen molar-refractivity contribution in [3.05, 3.63) is 35.0 Å². The van der Waals surface area contributed by atoms with Gasteiger partial charge in [0.2, 0.25) is 0 Å². The Labute approximate surface area is 120 Å². The summed E-state index contributed by atoms with van der Waals surface area (Å²) >= 11 is 6.06. The summed E-state index contributed by atoms with van der Waals surface area (Å²) in [5, 5.41) is 17.6. The van der Waals surface area contributed by atoms with E-state index >= 15 is 0 Å². The Kier molecular flexibility index (Phi) is 4.26. The molecule has 2 rings (SSSR count). The summed E-state index contributed by atoms with van der Waals surface area (Å²) in [7, 11) is 0. The first-order valence-corrected chi connectivity index (χ1v) is 6.46. The van der Waals surface area contributed by atoms with Gasteiger partial charge >= 0.3 is 0 Å². The molecule has 0 aliphatic heterocycles. The summed E-state index contributed by atoms with van der Waals surface area (Å²) < 4.78 is 0. The third kappa shape index (κ3) is 2.76. The first-order chi connectivity index (χ1) is 9.54. The number of aliphatic hydroxyl groups is 1. The van der Waals surface area contributed by atoms with Gasteiger partial charge in [-0.2, -0.15) is 0 Å². The number of benzene rings is 1. The highest BCUT2D eigenvalue weighted by Gasteiger charge is 2.20. The summed E-state index contributed by atoms with van der Waals surface area (Å²) in [5.74, 6) is -0.772. The number of hydrogen-bond acceptors (Lipinski definition) is 3. The Bertz CT molecular complexity index is 653. The minimum Gasteiger partial charge on any atom is -0.396 e. The summed E-state index contributed by atoms with van der Waals surface area (Å²) in [6, 6.07) is 6.96. The molecule has 0 spiro atoms. The van der Waals surface area contributed by atoms with E-state index in [0.717, 1.165) is 15.8 Å². The van der Waals surface area contributed by atoms with Crippen molar-refractivity contribution in [3.63, 3.8) is 0 Å². The van der Waals surface area contributed by atoms with Crippen LogP contribution in [0.1, 0.15) is 16.9 Å². The minimum absolute atomic E-state index is 0.0738. The molecule has 1 heterocycles. The van der Waals surface area contributed by atoms with Gasteiger partial charge in [-0.1, -0.05) is 17.7 Å². The number of carbonyl (C=O) groups excluding carboxylic acids is 1. The van der Waals surface area contributed by atoms with Crippen LogP contribution in [0.15, 0.2) is 24.3 Å². The molecule has 0 atom stereocenters. The van der Waals surface area contributed by atoms with Crippen molar-refractivity contribution in [2.24, 2.45) is 5.73 Å². The molecular formula is C13H15ClN4O2. The van der Waals surface area contributed by atoms with Gasteiger partial charge < -0.3 is 15.8 Å². The first kappa shape index (κ1) is 14.4. The van der Waals surface area contributed by atoms with Crippen molar-refractivity contribution in [2.75, 3.05) is 13.2 Å². The van der Waals surface area contributed by atoms with E-state index in [0.29, 0.717) is 17.1 Å². The highest BCUT2D eigenvalue weighted by Crippen LogP contribution is 2.24. The van der Waals surface area contributed by atoms with E-state index in [1.807, 2.05) is 6.07 Å². The molecule has 1 aromatic carbocycles. The summed E-state index contributed by atoms with van der Waals surface area (Å²) in [6.07, 6.45) is 0.353. The molecule has 6 nitrogen and oxygen atoms in total. The van der Waals surface area contributed by atoms with Crippen molar-refractivity contribution < 1.29 is 9.90 Å². The van der Waals surface area contributed by atoms with Crippen LogP contribution in [-0.4, -0.2) is 40.0 Å². The number of halogens is 1. The summed E-state index contributed by atoms with van der Waals surface area (Å²) in [5.41, 5.74) is 6.46. The standard InChI is InChI=1S/C13H15ClN4O2/c14-9-3-1-4-10-8(9)7-11(17-10)12(20)18(13(15)16)5-2-6-19/h1,3-4,7,17,19H,2,5-6H2,(H3,15,16). The molecule has 2 aromatic rings. The van der Waals surface area contributed by atoms with E-state index in [9.17, 15) is 4.79 Å². The molecule has 0 saturated heterocycles. The van der Waals surface area contributed by atoms with Crippen LogP contribution in [0.5, 0.6) is 0 Å². The lowest BCUT2D eigenvalue weighted by Crippen LogP contribution is -2.42. The number of H-pyrrole nitrogens is 1. The van der Waals surface area contributed by atoms with Crippen LogP contribution in [0.4, 0.5) is 0 Å². The highest BCUT2D eigenvalue weighted by atomic mass is 35.5. The Morgan fingerprint density at radius 1 is 1.50 bits per heavy atom. The molecule has 20 heavy (non-hydrogen) atoms. The van der Waals surface area contributed by atoms with E-state index in [-0.39, 0.29) is 19.1 Å². The zero-order valence-corrected chi connectivity index (χ0v) is 11.4. The van der Waals surface area contributed by atoms with E-state index < -0.39 is 5.91 Å². The fourth-order valence-electron chi connectivity index (χ4n) is 1.94. The lowest BCUT2D eigenvalue weighted by Gasteiger charge is -2.19. The van der Waals surface area contributed by atoms with Crippen LogP contribution in [0.25, 0.3) is 10.9 Å². The maximum Gasteiger partial charge on any atom is 0.277 e. The number of carbonyl (C=O) groups is 1. The van der Waals surface area contributed by atoms with Gasteiger partial charge in [-0.3, -0.25) is 15.1 Å². The number of aliphatic hydroxyl groups excluding tert-OH is 1. The number of aromatic nitrogens is 1. The number of rotatable bonds is 4. The molecule has 0 saturated carbocycles. The molecule has 106 valence electrons. The Morgan fingerprint density at radius 2 is 2.25 bits per heavy atom. The quantitative estimate of drug-likeness (QED) is 0.507. The van der Waals surface area contributed by atoms with Crippen molar-refractivity contribution >= 4 is 34.4 Å². The van der Waals surface area contributed by atoms with E-state index in [2.05, 4.69) is 4.98 Å². The van der Waals surface area contributed by atoms with Gasteiger partial charge in [-0.15, -0.1) is 0 Å². The number of nitrogens with one attached hydrogen (secondary N) is 2. The van der Waals surface area contributed by atoms with E-state index in [1.54, 1.807) is 18.2 Å². The van der Waals surface area contributed by atoms with Crippen LogP contribution >= 0.6 is 11.6 Å². The number of guanidine groups is 1. The zero-order chi connectivity index (χ0) is 14.7. The van der Waals surface area contributed by atoms with Crippen molar-refractivity contribution in [1.82, 2.24) is 9.88 Å². The monoisotopic (exact) mass is 294 g/mol. The molecular weight excluding hydrogens is 280 g/mol. The van der Waals surface area contributed by atoms with Crippen molar-refractivity contribution in [1.29, 1.82) is 5.41 Å². The topological polar surface area (TPSA) is 106 Å². The van der Waals surface area contributed by atoms with Crippen LogP contribution in [0.2, 0.25) is 5.02 Å². The van der Waals surface area contributed by atoms with Gasteiger partial charge in [0.05, 0.1) is 0 Å². The molecule has 0 bridgehead atoms. The van der Waals surface area contributed by atoms with Crippen LogP contribution < -0.4 is 5.73 Å². The van der Waals surface area contributed by atoms with Gasteiger partial charge in [-0.05, 0) is 24.6 Å². The lowest BCUT2D eigenvalue weighted by molar-refractivity contribution is 0.0833. The summed E-state index contributed by atoms with van der Waals surface area (Å²) in [6.45, 7) is 0.114. The van der Waals surface area contributed by atoms with Gasteiger partial charge in [0.15, 0.2) is 5.96 Å². The number of nitrogens with two attached hydrogens (primary N) is 1. The zero-order valence-electron chi connectivity index (χ0n) is 10.7. The molecule has 0 unspecified atom stereocenters. The molecule has 0 aliphatic rings. The third-order valence-corrected chi connectivity index (χ3v) is 3.25. The predicted molar refractivity (Wildman–Crippen MR) is 78.0 cm³/mol. The average molecular weight is 295 g/mol. The van der Waals surface area contributed by atoms with Gasteiger partial charge in [0.25, 0.3) is 5.91 Å². The summed E-state index contributed by atoms with van der Waals surface area (Å²) in [4.78, 5) is 16.4. The number of fused-ring (bicyclic) bond motifs is 1. The first-order valence-electron chi connectivity index (χ1n) is 6.08. The van der Waals surface area contributed by atoms with Crippen molar-refractivity contribution in [2.45, 2.75) is 6.42 Å². The van der Waals surface area contributed by atoms with E-state index in [4.69, 9.17) is 27.9 Å². The largest absolute Gasteiger partial charge is 0.396 e. The maximum atomic E-state index is 12.3. The van der Waals surface area contributed by atoms with E-state index in [1.165, 1.54) is 0 Å². The Hall–Kier alpha value is -2.05. The average Bonchev–Trinajstić information content (AvgIpc) is 2.84. The Morgan fingerprint density at radius 3 is 2.85 bits per heavy atom. The van der Waals surface area contributed by atoms with Crippen molar-refractivity contribution in [3.8, 4) is 0 Å². The Balaban J connectivity index is 2.33. The molecule has 1 amide bonds. The molecule has 0 aliphatic carbocycles. The van der Waals surface area contributed by atoms with Gasteiger partial charge in [-0.25, -0.2) is 0 Å². The molecule has 1 aromatic heterocycles. The third-order valence-electron chi connectivity index (χ3n) is 2.92. The normalized spacial score (nSPS) is 10.7. The van der Waals surface area contributed by atoms with Crippen LogP contribution in [0.3, 0.4) is 0 Å². The smallest absolute Gasteiger partial charge is 0.277 e. The molecule has 7 heteroatoms. The van der Waals surface area contributed by atoms with Crippen LogP contribution in [0, 0.1) is 5.41 Å². The minimum atomic E-state index is -0.418. The fraction of sp³-hybridized carbons (Fsp3) is 0.231. The predicted octanol–water partition coefficient (Wildman–Crippen LogP) is 1.54. The van der Waals surface area contributed by atoms with Gasteiger partial charge in [0, 0.05) is 29.1 Å². The highest BCUT2D eigenvalue weighted by molar-refractivity contribution is 6.35. The second-order valence-electron chi connectivity index (χ2n) is 4.30. The van der Waals surface area contributed by atoms with Crippen LogP contribution in [-0.2, 0) is 0 Å². The number of nitrogens with zero attached hydrogens (tertiary/aromatic N) is 1.